The van der Waals surface area contributed by atoms with Crippen molar-refractivity contribution >= 4 is 17.5 Å². The van der Waals surface area contributed by atoms with Gasteiger partial charge in [-0.3, -0.25) is 4.79 Å². The summed E-state index contributed by atoms with van der Waals surface area (Å²) < 4.78 is 5.48. The van der Waals surface area contributed by atoms with E-state index >= 15 is 0 Å². The lowest BCUT2D eigenvalue weighted by Gasteiger charge is -2.37. The number of likely N-dealkylation sites (N-methyl/N-ethyl adjacent to an activating group) is 1. The molecule has 0 saturated carbocycles. The van der Waals surface area contributed by atoms with Crippen molar-refractivity contribution in [2.24, 2.45) is 0 Å². The Labute approximate surface area is 118 Å². The summed E-state index contributed by atoms with van der Waals surface area (Å²) in [7, 11) is 3.99. The van der Waals surface area contributed by atoms with E-state index in [1.54, 1.807) is 24.3 Å². The highest BCUT2D eigenvalue weighted by molar-refractivity contribution is 6.30. The van der Waals surface area contributed by atoms with Crippen molar-refractivity contribution in [2.75, 3.05) is 40.4 Å². The third-order valence-corrected chi connectivity index (χ3v) is 3.37. The largest absolute Gasteiger partial charge is 0.377 e. The van der Waals surface area contributed by atoms with Crippen molar-refractivity contribution in [3.05, 3.63) is 34.9 Å². The maximum Gasteiger partial charge on any atom is 0.254 e. The van der Waals surface area contributed by atoms with Gasteiger partial charge in [-0.2, -0.15) is 0 Å². The monoisotopic (exact) mass is 282 g/mol. The lowest BCUT2D eigenvalue weighted by molar-refractivity contribution is -0.00830. The number of rotatable bonds is 3. The predicted molar refractivity (Wildman–Crippen MR) is 75.6 cm³/mol. The van der Waals surface area contributed by atoms with E-state index in [0.29, 0.717) is 30.3 Å². The Morgan fingerprint density at radius 3 is 3.00 bits per heavy atom. The van der Waals surface area contributed by atoms with Crippen LogP contribution in [0.2, 0.25) is 5.02 Å². The summed E-state index contributed by atoms with van der Waals surface area (Å²) in [6.07, 6.45) is 0. The Kier molecular flexibility index (Phi) is 4.80. The molecule has 0 radical (unpaired) electrons. The fourth-order valence-corrected chi connectivity index (χ4v) is 2.47. The lowest BCUT2D eigenvalue weighted by Crippen LogP contribution is -2.52. The van der Waals surface area contributed by atoms with E-state index in [-0.39, 0.29) is 11.9 Å². The van der Waals surface area contributed by atoms with Gasteiger partial charge < -0.3 is 14.5 Å². The Morgan fingerprint density at radius 2 is 2.32 bits per heavy atom. The first-order valence-electron chi connectivity index (χ1n) is 6.37. The first kappa shape index (κ1) is 14.3. The van der Waals surface area contributed by atoms with Gasteiger partial charge in [-0.25, -0.2) is 0 Å². The molecule has 1 aliphatic rings. The van der Waals surface area contributed by atoms with Crippen LogP contribution in [-0.4, -0.2) is 62.1 Å². The van der Waals surface area contributed by atoms with Crippen LogP contribution in [0.3, 0.4) is 0 Å². The van der Waals surface area contributed by atoms with E-state index in [1.807, 2.05) is 19.0 Å². The average molecular weight is 283 g/mol. The SMILES string of the molecule is CN(C)C[C@H]1COCCN1C(=O)c1cccc(Cl)c1. The van der Waals surface area contributed by atoms with Crippen LogP contribution in [0.5, 0.6) is 0 Å². The summed E-state index contributed by atoms with van der Waals surface area (Å²) in [5.74, 6) is 0.0256. The van der Waals surface area contributed by atoms with Crippen molar-refractivity contribution in [3.63, 3.8) is 0 Å². The van der Waals surface area contributed by atoms with E-state index in [0.717, 1.165) is 6.54 Å². The van der Waals surface area contributed by atoms with Crippen LogP contribution in [0.15, 0.2) is 24.3 Å². The lowest BCUT2D eigenvalue weighted by atomic mass is 10.1. The van der Waals surface area contributed by atoms with Crippen LogP contribution < -0.4 is 0 Å². The normalized spacial score (nSPS) is 19.8. The zero-order chi connectivity index (χ0) is 13.8. The number of benzene rings is 1. The van der Waals surface area contributed by atoms with E-state index < -0.39 is 0 Å². The average Bonchev–Trinajstić information content (AvgIpc) is 2.38. The molecule has 1 aliphatic heterocycles. The molecule has 0 aromatic heterocycles. The van der Waals surface area contributed by atoms with E-state index in [1.165, 1.54) is 0 Å². The topological polar surface area (TPSA) is 32.8 Å². The van der Waals surface area contributed by atoms with E-state index in [9.17, 15) is 4.79 Å². The number of amides is 1. The Hall–Kier alpha value is -1.10. The minimum Gasteiger partial charge on any atom is -0.377 e. The van der Waals surface area contributed by atoms with Gasteiger partial charge in [0, 0.05) is 23.7 Å². The predicted octanol–water partition coefficient (Wildman–Crippen LogP) is 1.74. The molecule has 0 bridgehead atoms. The molecule has 0 aliphatic carbocycles. The van der Waals surface area contributed by atoms with Crippen molar-refractivity contribution in [1.29, 1.82) is 0 Å². The zero-order valence-electron chi connectivity index (χ0n) is 11.3. The molecular formula is C14H19ClN2O2. The van der Waals surface area contributed by atoms with Crippen LogP contribution in [0, 0.1) is 0 Å². The molecule has 1 fully saturated rings. The van der Waals surface area contributed by atoms with Crippen molar-refractivity contribution in [1.82, 2.24) is 9.80 Å². The van der Waals surface area contributed by atoms with Crippen molar-refractivity contribution in [3.8, 4) is 0 Å². The standard InChI is InChI=1S/C14H19ClN2O2/c1-16(2)9-13-10-19-7-6-17(13)14(18)11-4-3-5-12(15)8-11/h3-5,8,13H,6-7,9-10H2,1-2H3/t13-/m0/s1. The smallest absolute Gasteiger partial charge is 0.254 e. The fraction of sp³-hybridized carbons (Fsp3) is 0.500. The van der Waals surface area contributed by atoms with E-state index in [4.69, 9.17) is 16.3 Å². The number of carbonyl (C=O) groups is 1. The Morgan fingerprint density at radius 1 is 1.53 bits per heavy atom. The fourth-order valence-electron chi connectivity index (χ4n) is 2.28. The summed E-state index contributed by atoms with van der Waals surface area (Å²) in [5.41, 5.74) is 0.637. The quantitative estimate of drug-likeness (QED) is 0.847. The highest BCUT2D eigenvalue weighted by atomic mass is 35.5. The molecule has 1 aromatic rings. The van der Waals surface area contributed by atoms with Crippen LogP contribution in [0.1, 0.15) is 10.4 Å². The minimum atomic E-state index is 0.0256. The number of carbonyl (C=O) groups excluding carboxylic acids is 1. The van der Waals surface area contributed by atoms with Gasteiger partial charge in [0.25, 0.3) is 5.91 Å². The summed E-state index contributed by atoms with van der Waals surface area (Å²) >= 11 is 5.94. The number of hydrogen-bond donors (Lipinski definition) is 0. The van der Waals surface area contributed by atoms with Gasteiger partial charge >= 0.3 is 0 Å². The molecule has 5 heteroatoms. The second-order valence-electron chi connectivity index (χ2n) is 5.00. The number of nitrogens with zero attached hydrogens (tertiary/aromatic N) is 2. The maximum atomic E-state index is 12.5. The van der Waals surface area contributed by atoms with E-state index in [2.05, 4.69) is 4.90 Å². The van der Waals surface area contributed by atoms with Crippen LogP contribution in [0.4, 0.5) is 0 Å². The molecule has 1 atom stereocenters. The number of morpholine rings is 1. The molecule has 1 saturated heterocycles. The van der Waals surface area contributed by atoms with Gasteiger partial charge in [-0.15, -0.1) is 0 Å². The molecule has 19 heavy (non-hydrogen) atoms. The molecule has 1 aromatic carbocycles. The second-order valence-corrected chi connectivity index (χ2v) is 5.44. The van der Waals surface area contributed by atoms with Crippen LogP contribution >= 0.6 is 11.6 Å². The van der Waals surface area contributed by atoms with Gasteiger partial charge in [0.15, 0.2) is 0 Å². The molecule has 0 spiro atoms. The van der Waals surface area contributed by atoms with Gasteiger partial charge in [0.2, 0.25) is 0 Å². The second kappa shape index (κ2) is 6.37. The summed E-state index contributed by atoms with van der Waals surface area (Å²) in [6.45, 7) is 2.61. The number of hydrogen-bond acceptors (Lipinski definition) is 3. The van der Waals surface area contributed by atoms with Crippen LogP contribution in [-0.2, 0) is 4.74 Å². The van der Waals surface area contributed by atoms with Crippen LogP contribution in [0.25, 0.3) is 0 Å². The molecule has 4 nitrogen and oxygen atoms in total. The first-order chi connectivity index (χ1) is 9.08. The third-order valence-electron chi connectivity index (χ3n) is 3.14. The molecule has 1 amide bonds. The molecule has 2 rings (SSSR count). The molecule has 1 heterocycles. The summed E-state index contributed by atoms with van der Waals surface area (Å²) in [6, 6.07) is 7.18. The van der Waals surface area contributed by atoms with Gasteiger partial charge in [-0.1, -0.05) is 17.7 Å². The number of ether oxygens (including phenoxy) is 1. The number of halogens is 1. The highest BCUT2D eigenvalue weighted by Gasteiger charge is 2.28. The van der Waals surface area contributed by atoms with Gasteiger partial charge in [-0.05, 0) is 32.3 Å². The third kappa shape index (κ3) is 3.69. The van der Waals surface area contributed by atoms with Crippen molar-refractivity contribution in [2.45, 2.75) is 6.04 Å². The zero-order valence-corrected chi connectivity index (χ0v) is 12.1. The Bertz CT molecular complexity index is 451. The minimum absolute atomic E-state index is 0.0256. The summed E-state index contributed by atoms with van der Waals surface area (Å²) in [5, 5.41) is 0.586. The summed E-state index contributed by atoms with van der Waals surface area (Å²) in [4.78, 5) is 16.5. The first-order valence-corrected chi connectivity index (χ1v) is 6.74. The molecule has 0 unspecified atom stereocenters. The molecule has 0 N–H and O–H groups in total. The maximum absolute atomic E-state index is 12.5. The van der Waals surface area contributed by atoms with Gasteiger partial charge in [0.05, 0.1) is 19.3 Å². The molecular weight excluding hydrogens is 264 g/mol. The van der Waals surface area contributed by atoms with Gasteiger partial charge in [0.1, 0.15) is 0 Å². The molecule has 104 valence electrons. The van der Waals surface area contributed by atoms with Crippen molar-refractivity contribution < 1.29 is 9.53 Å². The Balaban J connectivity index is 2.15. The highest BCUT2D eigenvalue weighted by Crippen LogP contribution is 2.16.